The van der Waals surface area contributed by atoms with Crippen LogP contribution in [0.2, 0.25) is 0 Å². The smallest absolute Gasteiger partial charge is 0.233 e. The van der Waals surface area contributed by atoms with Gasteiger partial charge in [-0.15, -0.1) is 0 Å². The molecule has 0 spiro atoms. The summed E-state index contributed by atoms with van der Waals surface area (Å²) in [5.74, 6) is 0.227. The quantitative estimate of drug-likeness (QED) is 0.220. The molecule has 0 aromatic carbocycles. The largest absolute Gasteiger partial charge is 0.408 e. The van der Waals surface area contributed by atoms with Crippen LogP contribution >= 0.6 is 0 Å². The van der Waals surface area contributed by atoms with Crippen molar-refractivity contribution in [2.45, 2.75) is 6.42 Å². The molecule has 1 fully saturated rings. The number of oxime groups is 1. The summed E-state index contributed by atoms with van der Waals surface area (Å²) in [5, 5.41) is 11.4. The van der Waals surface area contributed by atoms with Crippen molar-refractivity contribution < 1.29 is 5.21 Å². The minimum atomic E-state index is 0.227. The van der Waals surface area contributed by atoms with Crippen LogP contribution in [0.4, 0.5) is 0 Å². The highest BCUT2D eigenvalue weighted by atomic mass is 16.4. The summed E-state index contributed by atoms with van der Waals surface area (Å²) in [7, 11) is 2.08. The molecule has 70 valence electrons. The summed E-state index contributed by atoms with van der Waals surface area (Å²) in [4.78, 5) is 4.13. The van der Waals surface area contributed by atoms with Gasteiger partial charge in [0.05, 0.1) is 0 Å². The first-order valence-electron chi connectivity index (χ1n) is 4.15. The minimum absolute atomic E-state index is 0.227. The van der Waals surface area contributed by atoms with E-state index in [9.17, 15) is 0 Å². The van der Waals surface area contributed by atoms with E-state index in [2.05, 4.69) is 17.1 Å². The second-order valence-electron chi connectivity index (χ2n) is 3.10. The molecule has 0 radical (unpaired) electrons. The van der Waals surface area contributed by atoms with Crippen molar-refractivity contribution in [1.82, 2.24) is 9.80 Å². The van der Waals surface area contributed by atoms with E-state index in [1.807, 2.05) is 4.90 Å². The van der Waals surface area contributed by atoms with Gasteiger partial charge in [-0.2, -0.15) is 0 Å². The Balaban J connectivity index is 2.46. The normalized spacial score (nSPS) is 22.4. The minimum Gasteiger partial charge on any atom is -0.408 e. The molecule has 1 aliphatic rings. The molecule has 0 bridgehead atoms. The van der Waals surface area contributed by atoms with Gasteiger partial charge in [0.25, 0.3) is 0 Å². The van der Waals surface area contributed by atoms with E-state index in [0.717, 1.165) is 32.6 Å². The number of nitrogens with zero attached hydrogens (tertiary/aromatic N) is 3. The molecule has 0 aromatic rings. The molecule has 0 saturated carbocycles. The van der Waals surface area contributed by atoms with Gasteiger partial charge in [-0.1, -0.05) is 5.16 Å². The first-order valence-corrected chi connectivity index (χ1v) is 4.15. The van der Waals surface area contributed by atoms with Crippen LogP contribution in [0.5, 0.6) is 0 Å². The maximum absolute atomic E-state index is 8.45. The molecule has 5 nitrogen and oxygen atoms in total. The van der Waals surface area contributed by atoms with Gasteiger partial charge in [-0.25, -0.2) is 0 Å². The number of likely N-dealkylation sites (N-methyl/N-ethyl adjacent to an activating group) is 1. The monoisotopic (exact) mass is 172 g/mol. The van der Waals surface area contributed by atoms with Crippen molar-refractivity contribution >= 4 is 5.96 Å². The van der Waals surface area contributed by atoms with Crippen molar-refractivity contribution in [3.63, 3.8) is 0 Å². The molecule has 1 saturated heterocycles. The van der Waals surface area contributed by atoms with Crippen LogP contribution in [0, 0.1) is 0 Å². The summed E-state index contributed by atoms with van der Waals surface area (Å²) >= 11 is 0. The third-order valence-electron chi connectivity index (χ3n) is 2.15. The van der Waals surface area contributed by atoms with Crippen LogP contribution in [-0.4, -0.2) is 54.2 Å². The van der Waals surface area contributed by atoms with Gasteiger partial charge in [-0.3, -0.25) is 0 Å². The van der Waals surface area contributed by atoms with Crippen LogP contribution < -0.4 is 5.73 Å². The highest BCUT2D eigenvalue weighted by Crippen LogP contribution is 1.99. The summed E-state index contributed by atoms with van der Waals surface area (Å²) in [6, 6.07) is 0. The fourth-order valence-electron chi connectivity index (χ4n) is 1.34. The average Bonchev–Trinajstić information content (AvgIpc) is 2.29. The maximum atomic E-state index is 8.45. The lowest BCUT2D eigenvalue weighted by Crippen LogP contribution is -2.39. The Morgan fingerprint density at radius 3 is 2.75 bits per heavy atom. The molecule has 0 atom stereocenters. The van der Waals surface area contributed by atoms with E-state index in [1.54, 1.807) is 0 Å². The Kier molecular flexibility index (Phi) is 3.16. The number of nitrogens with two attached hydrogens (primary N) is 1. The van der Waals surface area contributed by atoms with Gasteiger partial charge >= 0.3 is 0 Å². The maximum Gasteiger partial charge on any atom is 0.233 e. The molecule has 0 unspecified atom stereocenters. The Bertz CT molecular complexity index is 171. The van der Waals surface area contributed by atoms with E-state index in [1.165, 1.54) is 0 Å². The third kappa shape index (κ3) is 2.27. The highest BCUT2D eigenvalue weighted by Gasteiger charge is 2.13. The molecule has 0 amide bonds. The zero-order chi connectivity index (χ0) is 8.97. The van der Waals surface area contributed by atoms with E-state index in [-0.39, 0.29) is 5.96 Å². The molecule has 12 heavy (non-hydrogen) atoms. The zero-order valence-corrected chi connectivity index (χ0v) is 7.40. The molecule has 5 heteroatoms. The SMILES string of the molecule is CN1CCCN(C(N)=NO)CC1. The standard InChI is InChI=1S/C7H16N4O/c1-10-3-2-4-11(6-5-10)7(8)9-12/h12H,2-6H2,1H3,(H2,8,9). The Hall–Kier alpha value is -0.970. The second kappa shape index (κ2) is 4.15. The number of hydrogen-bond acceptors (Lipinski definition) is 3. The van der Waals surface area contributed by atoms with Gasteiger partial charge in [0.2, 0.25) is 5.96 Å². The van der Waals surface area contributed by atoms with Crippen LogP contribution in [0.1, 0.15) is 6.42 Å². The van der Waals surface area contributed by atoms with Crippen LogP contribution in [0.25, 0.3) is 0 Å². The van der Waals surface area contributed by atoms with Crippen LogP contribution in [-0.2, 0) is 0 Å². The molecule has 1 heterocycles. The van der Waals surface area contributed by atoms with Gasteiger partial charge in [0.1, 0.15) is 0 Å². The summed E-state index contributed by atoms with van der Waals surface area (Å²) in [5.41, 5.74) is 5.47. The van der Waals surface area contributed by atoms with Crippen molar-refractivity contribution in [3.8, 4) is 0 Å². The van der Waals surface area contributed by atoms with Gasteiger partial charge in [0, 0.05) is 19.6 Å². The number of guanidine groups is 1. The third-order valence-corrected chi connectivity index (χ3v) is 2.15. The van der Waals surface area contributed by atoms with Crippen molar-refractivity contribution in [3.05, 3.63) is 0 Å². The van der Waals surface area contributed by atoms with Crippen molar-refractivity contribution in [2.75, 3.05) is 33.2 Å². The molecule has 0 aliphatic carbocycles. The Labute approximate surface area is 72.4 Å². The lowest BCUT2D eigenvalue weighted by atomic mass is 10.4. The predicted molar refractivity (Wildman–Crippen MR) is 47.1 cm³/mol. The molecule has 1 aliphatic heterocycles. The second-order valence-corrected chi connectivity index (χ2v) is 3.10. The Morgan fingerprint density at radius 2 is 2.08 bits per heavy atom. The first-order chi connectivity index (χ1) is 5.74. The average molecular weight is 172 g/mol. The molecule has 0 aromatic heterocycles. The van der Waals surface area contributed by atoms with Gasteiger partial charge < -0.3 is 20.7 Å². The molecular weight excluding hydrogens is 156 g/mol. The van der Waals surface area contributed by atoms with Gasteiger partial charge in [0.15, 0.2) is 0 Å². The summed E-state index contributed by atoms with van der Waals surface area (Å²) < 4.78 is 0. The zero-order valence-electron chi connectivity index (χ0n) is 7.40. The summed E-state index contributed by atoms with van der Waals surface area (Å²) in [6.07, 6.45) is 1.06. The fourth-order valence-corrected chi connectivity index (χ4v) is 1.34. The fraction of sp³-hybridized carbons (Fsp3) is 0.857. The van der Waals surface area contributed by atoms with Gasteiger partial charge in [-0.05, 0) is 20.0 Å². The van der Waals surface area contributed by atoms with Crippen LogP contribution in [0.15, 0.2) is 5.16 Å². The topological polar surface area (TPSA) is 65.1 Å². The highest BCUT2D eigenvalue weighted by molar-refractivity contribution is 5.77. The molecular formula is C7H16N4O. The lowest BCUT2D eigenvalue weighted by molar-refractivity contribution is 0.296. The van der Waals surface area contributed by atoms with E-state index >= 15 is 0 Å². The van der Waals surface area contributed by atoms with Crippen molar-refractivity contribution in [2.24, 2.45) is 10.9 Å². The summed E-state index contributed by atoms with van der Waals surface area (Å²) in [6.45, 7) is 3.76. The molecule has 1 rings (SSSR count). The van der Waals surface area contributed by atoms with E-state index in [0.29, 0.717) is 0 Å². The first kappa shape index (κ1) is 9.12. The van der Waals surface area contributed by atoms with E-state index < -0.39 is 0 Å². The van der Waals surface area contributed by atoms with E-state index in [4.69, 9.17) is 10.9 Å². The molecule has 3 N–H and O–H groups in total. The van der Waals surface area contributed by atoms with Crippen molar-refractivity contribution in [1.29, 1.82) is 0 Å². The Morgan fingerprint density at radius 1 is 1.33 bits per heavy atom. The number of rotatable bonds is 0. The predicted octanol–water partition coefficient (Wildman–Crippen LogP) is -0.672. The lowest BCUT2D eigenvalue weighted by Gasteiger charge is -2.19. The number of hydrogen-bond donors (Lipinski definition) is 2. The van der Waals surface area contributed by atoms with Crippen LogP contribution in [0.3, 0.4) is 0 Å².